The minimum absolute atomic E-state index is 0.0275. The number of rotatable bonds is 7. The summed E-state index contributed by atoms with van der Waals surface area (Å²) >= 11 is 0. The van der Waals surface area contributed by atoms with Gasteiger partial charge in [0.05, 0.1) is 18.3 Å². The summed E-state index contributed by atoms with van der Waals surface area (Å²) in [5, 5.41) is 5.17. The summed E-state index contributed by atoms with van der Waals surface area (Å²) < 4.78 is 33.5. The number of carbonyl (C=O) groups is 5. The van der Waals surface area contributed by atoms with Crippen LogP contribution in [0.2, 0.25) is 0 Å². The Morgan fingerprint density at radius 3 is 2.54 bits per heavy atom. The molecular formula is C38H49N5O8S. The summed E-state index contributed by atoms with van der Waals surface area (Å²) in [6.07, 6.45) is 12.3. The van der Waals surface area contributed by atoms with E-state index in [-0.39, 0.29) is 37.6 Å². The minimum atomic E-state index is -3.89. The lowest BCUT2D eigenvalue weighted by Crippen LogP contribution is -2.59. The average molecular weight is 736 g/mol. The molecule has 3 N–H and O–H groups in total. The second-order valence-corrected chi connectivity index (χ2v) is 17.3. The Labute approximate surface area is 305 Å². The van der Waals surface area contributed by atoms with E-state index in [1.807, 2.05) is 18.2 Å². The number of allylic oxidation sites excluding steroid dienone is 1. The fraction of sp³-hybridized carbons (Fsp3) is 0.605. The Bertz CT molecular complexity index is 1770. The highest BCUT2D eigenvalue weighted by molar-refractivity contribution is 7.91. The van der Waals surface area contributed by atoms with Crippen LogP contribution < -0.4 is 15.4 Å². The van der Waals surface area contributed by atoms with Crippen molar-refractivity contribution in [3.05, 3.63) is 53.6 Å². The Morgan fingerprint density at radius 1 is 1.02 bits per heavy atom. The van der Waals surface area contributed by atoms with Gasteiger partial charge in [0.1, 0.15) is 23.7 Å². The van der Waals surface area contributed by atoms with Crippen LogP contribution in [0.3, 0.4) is 0 Å². The fourth-order valence-corrected chi connectivity index (χ4v) is 9.74. The van der Waals surface area contributed by atoms with E-state index in [9.17, 15) is 32.4 Å². The van der Waals surface area contributed by atoms with Gasteiger partial charge in [-0.1, -0.05) is 55.7 Å². The number of nitrogens with one attached hydrogen (secondary N) is 3. The molecule has 4 fully saturated rings. The van der Waals surface area contributed by atoms with Crippen molar-refractivity contribution >= 4 is 45.8 Å². The third kappa shape index (κ3) is 7.49. The van der Waals surface area contributed by atoms with Crippen LogP contribution in [0.5, 0.6) is 0 Å². The van der Waals surface area contributed by atoms with Crippen LogP contribution >= 0.6 is 0 Å². The number of sulfonamides is 1. The summed E-state index contributed by atoms with van der Waals surface area (Å²) in [6, 6.07) is 3.99. The predicted octanol–water partition coefficient (Wildman–Crippen LogP) is 3.43. The molecule has 3 aliphatic heterocycles. The first-order chi connectivity index (χ1) is 25.0. The van der Waals surface area contributed by atoms with Crippen LogP contribution in [0.4, 0.5) is 4.79 Å². The van der Waals surface area contributed by atoms with Crippen LogP contribution in [0.25, 0.3) is 6.08 Å². The highest BCUT2D eigenvalue weighted by Gasteiger charge is 2.62. The van der Waals surface area contributed by atoms with Crippen LogP contribution in [0, 0.1) is 11.8 Å². The maximum atomic E-state index is 14.5. The second kappa shape index (κ2) is 14.7. The Balaban J connectivity index is 1.15. The molecule has 1 aromatic rings. The maximum Gasteiger partial charge on any atom is 0.410 e. The summed E-state index contributed by atoms with van der Waals surface area (Å²) in [4.78, 5) is 72.1. The lowest BCUT2D eigenvalue weighted by molar-refractivity contribution is -0.143. The van der Waals surface area contributed by atoms with E-state index in [0.717, 1.165) is 61.6 Å². The van der Waals surface area contributed by atoms with Gasteiger partial charge in [0, 0.05) is 25.3 Å². The Kier molecular flexibility index (Phi) is 10.2. The zero-order chi connectivity index (χ0) is 36.6. The SMILES string of the molecule is C=C[C@@H]1C[C@]1(NC(=O)[C@@H]1C[C@@H]2CN1C(=O)[C@H](C1CCCC1)NC(=O)CCCCCC=Cc1cccc3c1CN(C3)C(=O)O2)C(=O)NS(=O)(=O)C1CC1. The molecule has 6 aliphatic rings. The van der Waals surface area contributed by atoms with Crippen molar-refractivity contribution in [2.75, 3.05) is 6.54 Å². The number of fused-ring (bicyclic) bond motifs is 3. The molecule has 1 aromatic carbocycles. The van der Waals surface area contributed by atoms with Gasteiger partial charge in [-0.2, -0.15) is 0 Å². The van der Waals surface area contributed by atoms with Crippen molar-refractivity contribution in [1.82, 2.24) is 25.2 Å². The van der Waals surface area contributed by atoms with Gasteiger partial charge in [0.15, 0.2) is 0 Å². The van der Waals surface area contributed by atoms with E-state index < -0.39 is 68.7 Å². The van der Waals surface area contributed by atoms with Crippen molar-refractivity contribution in [3.8, 4) is 0 Å². The lowest BCUT2D eigenvalue weighted by Gasteiger charge is -2.32. The average Bonchev–Trinajstić information content (AvgIpc) is 3.90. The third-order valence-electron chi connectivity index (χ3n) is 11.7. The maximum absolute atomic E-state index is 14.5. The quantitative estimate of drug-likeness (QED) is 0.358. The molecule has 0 unspecified atom stereocenters. The molecule has 3 aliphatic carbocycles. The van der Waals surface area contributed by atoms with Crippen molar-refractivity contribution in [3.63, 3.8) is 0 Å². The number of amides is 5. The molecule has 0 spiro atoms. The van der Waals surface area contributed by atoms with Crippen LogP contribution in [-0.4, -0.2) is 83.5 Å². The molecule has 5 amide bonds. The zero-order valence-electron chi connectivity index (χ0n) is 29.5. The standard InChI is InChI=1S/C38H49N5O8S/c1-2-27-20-38(27,36(47)41-52(49,50)29-17-18-29)40-34(45)31-19-28-22-43(31)35(46)33(25-12-8-9-13-25)39-32(44)16-7-5-3-4-6-11-24-14-10-15-26-21-42(23-30(24)26)37(48)51-28/h2,6,10-11,14-15,25,27-29,31,33H,1,3-5,7-9,12-13,16-23H2,(H,39,44)(H,40,45)(H,41,47)/t27-,28-,31+,33+,38-/m1/s1. The van der Waals surface area contributed by atoms with Gasteiger partial charge in [0.25, 0.3) is 5.91 Å². The number of carbonyl (C=O) groups excluding carboxylic acids is 5. The van der Waals surface area contributed by atoms with Gasteiger partial charge in [0.2, 0.25) is 27.7 Å². The van der Waals surface area contributed by atoms with Crippen molar-refractivity contribution in [2.45, 2.75) is 126 Å². The fourth-order valence-electron chi connectivity index (χ4n) is 8.38. The number of hydrogen-bond donors (Lipinski definition) is 3. The predicted molar refractivity (Wildman–Crippen MR) is 191 cm³/mol. The molecule has 7 rings (SSSR count). The van der Waals surface area contributed by atoms with Crippen LogP contribution in [0.15, 0.2) is 36.9 Å². The van der Waals surface area contributed by atoms with E-state index in [1.54, 1.807) is 4.90 Å². The molecule has 5 atom stereocenters. The zero-order valence-corrected chi connectivity index (χ0v) is 30.3. The van der Waals surface area contributed by atoms with Gasteiger partial charge >= 0.3 is 6.09 Å². The summed E-state index contributed by atoms with van der Waals surface area (Å²) in [7, 11) is -3.89. The molecule has 52 heavy (non-hydrogen) atoms. The Morgan fingerprint density at radius 2 is 1.81 bits per heavy atom. The molecule has 3 saturated carbocycles. The highest BCUT2D eigenvalue weighted by Crippen LogP contribution is 2.45. The summed E-state index contributed by atoms with van der Waals surface area (Å²) in [5.74, 6) is -2.76. The number of nitrogens with zero attached hydrogens (tertiary/aromatic N) is 2. The molecule has 0 aromatic heterocycles. The number of hydrogen-bond acceptors (Lipinski definition) is 8. The third-order valence-corrected chi connectivity index (χ3v) is 13.5. The van der Waals surface area contributed by atoms with Crippen LogP contribution in [-0.2, 0) is 47.0 Å². The van der Waals surface area contributed by atoms with Crippen LogP contribution in [0.1, 0.15) is 100 Å². The molecule has 3 heterocycles. The van der Waals surface area contributed by atoms with E-state index >= 15 is 0 Å². The molecule has 1 saturated heterocycles. The van der Waals surface area contributed by atoms with Crippen molar-refractivity contribution < 1.29 is 37.1 Å². The van der Waals surface area contributed by atoms with Gasteiger partial charge < -0.3 is 20.3 Å². The van der Waals surface area contributed by atoms with Crippen molar-refractivity contribution in [2.24, 2.45) is 11.8 Å². The van der Waals surface area contributed by atoms with Gasteiger partial charge in [-0.15, -0.1) is 6.58 Å². The summed E-state index contributed by atoms with van der Waals surface area (Å²) in [5.41, 5.74) is 1.58. The molecular weight excluding hydrogens is 687 g/mol. The molecule has 14 heteroatoms. The van der Waals surface area contributed by atoms with Crippen molar-refractivity contribution in [1.29, 1.82) is 0 Å². The van der Waals surface area contributed by atoms with E-state index in [4.69, 9.17) is 4.74 Å². The topological polar surface area (TPSA) is 171 Å². The van der Waals surface area contributed by atoms with Gasteiger partial charge in [-0.3, -0.25) is 28.8 Å². The van der Waals surface area contributed by atoms with E-state index in [1.165, 1.54) is 11.0 Å². The largest absolute Gasteiger partial charge is 0.444 e. The monoisotopic (exact) mass is 735 g/mol. The van der Waals surface area contributed by atoms with Gasteiger partial charge in [-0.25, -0.2) is 13.2 Å². The number of ether oxygens (including phenoxy) is 1. The first-order valence-corrected chi connectivity index (χ1v) is 20.4. The Hall–Kier alpha value is -4.20. The first kappa shape index (κ1) is 36.2. The lowest BCUT2D eigenvalue weighted by atomic mass is 9.96. The van der Waals surface area contributed by atoms with E-state index in [2.05, 4.69) is 34.1 Å². The normalized spacial score (nSPS) is 30.0. The van der Waals surface area contributed by atoms with E-state index in [0.29, 0.717) is 32.4 Å². The van der Waals surface area contributed by atoms with Gasteiger partial charge in [-0.05, 0) is 74.0 Å². The molecule has 0 radical (unpaired) electrons. The smallest absolute Gasteiger partial charge is 0.410 e. The highest BCUT2D eigenvalue weighted by atomic mass is 32.2. The number of benzene rings is 1. The first-order valence-electron chi connectivity index (χ1n) is 18.8. The molecule has 13 nitrogen and oxygen atoms in total. The molecule has 280 valence electrons. The molecule has 4 bridgehead atoms. The minimum Gasteiger partial charge on any atom is -0.444 e. The summed E-state index contributed by atoms with van der Waals surface area (Å²) in [6.45, 7) is 4.44. The second-order valence-electron chi connectivity index (χ2n) is 15.4.